The number of hydrogen-bond acceptors (Lipinski definition) is 5. The zero-order valence-corrected chi connectivity index (χ0v) is 14.5. The van der Waals surface area contributed by atoms with Gasteiger partial charge in [0, 0.05) is 48.7 Å². The Morgan fingerprint density at radius 1 is 1.25 bits per heavy atom. The molecule has 0 aliphatic carbocycles. The van der Waals surface area contributed by atoms with Crippen LogP contribution in [0.3, 0.4) is 0 Å². The largest absolute Gasteiger partial charge is 0.392 e. The molecule has 2 aliphatic rings. The Balaban J connectivity index is 1.37. The van der Waals surface area contributed by atoms with Gasteiger partial charge in [0.15, 0.2) is 0 Å². The molecular weight excluding hydrogens is 322 g/mol. The molecule has 5 nitrogen and oxygen atoms in total. The van der Waals surface area contributed by atoms with E-state index in [0.29, 0.717) is 6.04 Å². The van der Waals surface area contributed by atoms with Crippen molar-refractivity contribution in [3.8, 4) is 11.3 Å². The van der Waals surface area contributed by atoms with Crippen molar-refractivity contribution in [2.24, 2.45) is 0 Å². The number of nitrogens with zero attached hydrogens (tertiary/aromatic N) is 3. The SMILES string of the molecule is Cc1nc(-c2ccc(C(=O)N3CC(N4CCC(O)C4)C3)cc2)cs1. The van der Waals surface area contributed by atoms with Gasteiger partial charge in [-0.2, -0.15) is 0 Å². The van der Waals surface area contributed by atoms with Gasteiger partial charge in [0.1, 0.15) is 0 Å². The zero-order valence-electron chi connectivity index (χ0n) is 13.7. The van der Waals surface area contributed by atoms with Gasteiger partial charge < -0.3 is 10.0 Å². The monoisotopic (exact) mass is 343 g/mol. The predicted molar refractivity (Wildman–Crippen MR) is 94.2 cm³/mol. The van der Waals surface area contributed by atoms with E-state index in [4.69, 9.17) is 0 Å². The minimum Gasteiger partial charge on any atom is -0.392 e. The van der Waals surface area contributed by atoms with Crippen LogP contribution >= 0.6 is 11.3 Å². The highest BCUT2D eigenvalue weighted by atomic mass is 32.1. The normalized spacial score (nSPS) is 21.9. The van der Waals surface area contributed by atoms with Crippen molar-refractivity contribution < 1.29 is 9.90 Å². The lowest BCUT2D eigenvalue weighted by molar-refractivity contribution is 0.0299. The number of thiazole rings is 1. The lowest BCUT2D eigenvalue weighted by Crippen LogP contribution is -2.60. The maximum atomic E-state index is 12.5. The fraction of sp³-hybridized carbons (Fsp3) is 0.444. The molecule has 1 atom stereocenters. The van der Waals surface area contributed by atoms with Crippen LogP contribution in [-0.4, -0.2) is 64.1 Å². The van der Waals surface area contributed by atoms with Crippen LogP contribution in [0.1, 0.15) is 21.8 Å². The van der Waals surface area contributed by atoms with E-state index < -0.39 is 0 Å². The third-order valence-electron chi connectivity index (χ3n) is 4.91. The van der Waals surface area contributed by atoms with Crippen molar-refractivity contribution in [3.63, 3.8) is 0 Å². The van der Waals surface area contributed by atoms with Crippen LogP contribution in [0.2, 0.25) is 0 Å². The first-order valence-electron chi connectivity index (χ1n) is 8.34. The Morgan fingerprint density at radius 2 is 2.00 bits per heavy atom. The van der Waals surface area contributed by atoms with E-state index in [2.05, 4.69) is 9.88 Å². The van der Waals surface area contributed by atoms with Crippen molar-refractivity contribution in [1.82, 2.24) is 14.8 Å². The molecule has 2 fully saturated rings. The molecule has 0 saturated carbocycles. The van der Waals surface area contributed by atoms with Gasteiger partial charge in [0.2, 0.25) is 0 Å². The van der Waals surface area contributed by atoms with Crippen LogP contribution < -0.4 is 0 Å². The number of carbonyl (C=O) groups excluding carboxylic acids is 1. The molecule has 1 N–H and O–H groups in total. The van der Waals surface area contributed by atoms with E-state index in [1.54, 1.807) is 11.3 Å². The van der Waals surface area contributed by atoms with Crippen LogP contribution in [-0.2, 0) is 0 Å². The second kappa shape index (κ2) is 6.27. The number of amides is 1. The molecule has 1 amide bonds. The smallest absolute Gasteiger partial charge is 0.253 e. The highest BCUT2D eigenvalue weighted by Gasteiger charge is 2.37. The number of aliphatic hydroxyl groups is 1. The summed E-state index contributed by atoms with van der Waals surface area (Å²) in [6, 6.07) is 8.12. The molecule has 3 heterocycles. The molecule has 0 radical (unpaired) electrons. The standard InChI is InChI=1S/C18H21N3O2S/c1-12-19-17(11-24-12)13-2-4-14(5-3-13)18(23)21-8-15(9-21)20-7-6-16(22)10-20/h2-5,11,15-16,22H,6-10H2,1H3. The molecule has 0 bridgehead atoms. The molecule has 6 heteroatoms. The third-order valence-corrected chi connectivity index (χ3v) is 5.68. The second-order valence-corrected chi connectivity index (χ2v) is 7.69. The Bertz CT molecular complexity index is 737. The fourth-order valence-corrected chi connectivity index (χ4v) is 4.04. The lowest BCUT2D eigenvalue weighted by atomic mass is 10.0. The third kappa shape index (κ3) is 2.97. The predicted octanol–water partition coefficient (Wildman–Crippen LogP) is 2.01. The number of aromatic nitrogens is 1. The van der Waals surface area contributed by atoms with E-state index in [-0.39, 0.29) is 12.0 Å². The van der Waals surface area contributed by atoms with Crippen molar-refractivity contribution in [2.45, 2.75) is 25.5 Å². The van der Waals surface area contributed by atoms with Gasteiger partial charge in [0.25, 0.3) is 5.91 Å². The summed E-state index contributed by atoms with van der Waals surface area (Å²) >= 11 is 1.63. The molecule has 2 aliphatic heterocycles. The summed E-state index contributed by atoms with van der Waals surface area (Å²) in [6.45, 7) is 5.20. The van der Waals surface area contributed by atoms with E-state index >= 15 is 0 Å². The topological polar surface area (TPSA) is 56.7 Å². The summed E-state index contributed by atoms with van der Waals surface area (Å²) in [4.78, 5) is 21.2. The first-order valence-corrected chi connectivity index (χ1v) is 9.22. The summed E-state index contributed by atoms with van der Waals surface area (Å²) < 4.78 is 0. The van der Waals surface area contributed by atoms with E-state index in [1.807, 2.05) is 41.5 Å². The number of β-amino-alcohol motifs (C(OH)–C–C–N with tert-alkyl or cyclic N) is 1. The quantitative estimate of drug-likeness (QED) is 0.926. The first-order chi connectivity index (χ1) is 11.6. The number of likely N-dealkylation sites (tertiary alicyclic amines) is 2. The average Bonchev–Trinajstić information content (AvgIpc) is 3.15. The summed E-state index contributed by atoms with van der Waals surface area (Å²) in [7, 11) is 0. The van der Waals surface area contributed by atoms with Gasteiger partial charge in [-0.1, -0.05) is 12.1 Å². The Hall–Kier alpha value is -1.76. The maximum absolute atomic E-state index is 12.5. The molecule has 2 saturated heterocycles. The first kappa shape index (κ1) is 15.7. The minimum atomic E-state index is -0.198. The van der Waals surface area contributed by atoms with Crippen LogP contribution in [0.4, 0.5) is 0 Å². The summed E-state index contributed by atoms with van der Waals surface area (Å²) in [5.74, 6) is 0.0898. The molecule has 4 rings (SSSR count). The Kier molecular flexibility index (Phi) is 4.12. The van der Waals surface area contributed by atoms with Crippen LogP contribution in [0.15, 0.2) is 29.6 Å². The zero-order chi connectivity index (χ0) is 16.7. The molecular formula is C18H21N3O2S. The lowest BCUT2D eigenvalue weighted by Gasteiger charge is -2.44. The second-order valence-electron chi connectivity index (χ2n) is 6.63. The van der Waals surface area contributed by atoms with Gasteiger partial charge in [-0.15, -0.1) is 11.3 Å². The molecule has 1 unspecified atom stereocenters. The van der Waals surface area contributed by atoms with Crippen molar-refractivity contribution in [2.75, 3.05) is 26.2 Å². The van der Waals surface area contributed by atoms with Crippen LogP contribution in [0.25, 0.3) is 11.3 Å². The highest BCUT2D eigenvalue weighted by molar-refractivity contribution is 7.09. The average molecular weight is 343 g/mol. The fourth-order valence-electron chi connectivity index (χ4n) is 3.41. The summed E-state index contributed by atoms with van der Waals surface area (Å²) in [6.07, 6.45) is 0.652. The van der Waals surface area contributed by atoms with Crippen molar-refractivity contribution in [3.05, 3.63) is 40.2 Å². The van der Waals surface area contributed by atoms with Gasteiger partial charge >= 0.3 is 0 Å². The molecule has 1 aromatic carbocycles. The van der Waals surface area contributed by atoms with Gasteiger partial charge in [-0.25, -0.2) is 4.98 Å². The molecule has 0 spiro atoms. The van der Waals surface area contributed by atoms with Gasteiger partial charge in [-0.05, 0) is 25.5 Å². The van der Waals surface area contributed by atoms with E-state index in [1.165, 1.54) is 0 Å². The molecule has 1 aromatic heterocycles. The van der Waals surface area contributed by atoms with Crippen LogP contribution in [0.5, 0.6) is 0 Å². The number of hydrogen-bond donors (Lipinski definition) is 1. The number of aliphatic hydroxyl groups excluding tert-OH is 1. The number of benzene rings is 1. The van der Waals surface area contributed by atoms with E-state index in [9.17, 15) is 9.90 Å². The van der Waals surface area contributed by atoms with E-state index in [0.717, 1.165) is 54.4 Å². The summed E-state index contributed by atoms with van der Waals surface area (Å²) in [5, 5.41) is 12.7. The highest BCUT2D eigenvalue weighted by Crippen LogP contribution is 2.24. The molecule has 126 valence electrons. The van der Waals surface area contributed by atoms with Crippen molar-refractivity contribution >= 4 is 17.2 Å². The Morgan fingerprint density at radius 3 is 2.58 bits per heavy atom. The van der Waals surface area contributed by atoms with Gasteiger partial charge in [0.05, 0.1) is 16.8 Å². The number of aryl methyl sites for hydroxylation is 1. The number of carbonyl (C=O) groups is 1. The van der Waals surface area contributed by atoms with Crippen molar-refractivity contribution in [1.29, 1.82) is 0 Å². The summed E-state index contributed by atoms with van der Waals surface area (Å²) in [5.41, 5.74) is 2.74. The number of rotatable bonds is 3. The minimum absolute atomic E-state index is 0.0898. The molecule has 2 aromatic rings. The van der Waals surface area contributed by atoms with Gasteiger partial charge in [-0.3, -0.25) is 9.69 Å². The molecule has 24 heavy (non-hydrogen) atoms. The van der Waals surface area contributed by atoms with Crippen LogP contribution in [0, 0.1) is 6.92 Å². The maximum Gasteiger partial charge on any atom is 0.253 e. The Labute approximate surface area is 145 Å².